The number of rotatable bonds is 8. The van der Waals surface area contributed by atoms with Crippen molar-refractivity contribution in [3.63, 3.8) is 0 Å². The van der Waals surface area contributed by atoms with Gasteiger partial charge in [0.05, 0.1) is 30.8 Å². The Morgan fingerprint density at radius 1 is 0.960 bits per heavy atom. The predicted octanol–water partition coefficient (Wildman–Crippen LogP) is 4.43. The Kier molecular flexibility index (Phi) is 5.73. The van der Waals surface area contributed by atoms with Crippen LogP contribution in [0.3, 0.4) is 0 Å². The highest BCUT2D eigenvalue weighted by Crippen LogP contribution is 2.31. The normalized spacial score (nSPS) is 12.4. The van der Waals surface area contributed by atoms with Crippen LogP contribution in [0.2, 0.25) is 37.8 Å². The molecule has 0 saturated carbocycles. The van der Waals surface area contributed by atoms with Crippen LogP contribution in [0.1, 0.15) is 41.5 Å². The minimum atomic E-state index is -1.93. The topological polar surface area (TPSA) is 60.4 Å². The maximum atomic E-state index is 12.1. The number of carbonyl (C=O) groups excluding carboxylic acids is 2. The van der Waals surface area contributed by atoms with Crippen LogP contribution < -0.4 is 10.6 Å². The minimum absolute atomic E-state index is 0.463. The number of aldehydes is 2. The van der Waals surface area contributed by atoms with Crippen LogP contribution in [-0.2, 0) is 0 Å². The zero-order chi connectivity index (χ0) is 18.8. The summed E-state index contributed by atoms with van der Waals surface area (Å²) in [7, 11) is -3.80. The number of furan rings is 2. The predicted molar refractivity (Wildman–Crippen MR) is 107 cm³/mol. The summed E-state index contributed by atoms with van der Waals surface area (Å²) in [5.41, 5.74) is 1.19. The van der Waals surface area contributed by atoms with Crippen molar-refractivity contribution >= 4 is 39.3 Å². The molecule has 0 N–H and O–H groups in total. The third kappa shape index (κ3) is 3.25. The second-order valence-corrected chi connectivity index (χ2v) is 17.7. The average Bonchev–Trinajstić information content (AvgIpc) is 3.20. The summed E-state index contributed by atoms with van der Waals surface area (Å²) in [5.74, 6) is 1.08. The van der Waals surface area contributed by atoms with Gasteiger partial charge in [-0.15, -0.1) is 0 Å². The molecule has 2 aromatic rings. The molecule has 0 bridgehead atoms. The lowest BCUT2D eigenvalue weighted by atomic mass is 10.2. The number of hydrogen-bond donors (Lipinski definition) is 0. The van der Waals surface area contributed by atoms with Crippen LogP contribution in [0, 0.1) is 0 Å². The Balaban J connectivity index is 2.94. The van der Waals surface area contributed by atoms with Gasteiger partial charge in [0.2, 0.25) is 0 Å². The van der Waals surface area contributed by atoms with Gasteiger partial charge < -0.3 is 8.83 Å². The monoisotopic (exact) mass is 376 g/mol. The van der Waals surface area contributed by atoms with Crippen LogP contribution in [-0.4, -0.2) is 28.7 Å². The van der Waals surface area contributed by atoms with Crippen LogP contribution >= 0.6 is 0 Å². The first-order chi connectivity index (χ1) is 11.8. The Morgan fingerprint density at radius 3 is 2.00 bits per heavy atom. The summed E-state index contributed by atoms with van der Waals surface area (Å²) >= 11 is 0. The molecule has 2 heterocycles. The minimum Gasteiger partial charge on any atom is -0.462 e. The largest absolute Gasteiger partial charge is 0.462 e. The lowest BCUT2D eigenvalue weighted by molar-refractivity contribution is 0.111. The molecule has 0 unspecified atom stereocenters. The van der Waals surface area contributed by atoms with Crippen molar-refractivity contribution in [2.75, 3.05) is 0 Å². The molecular formula is C19H28O4Si2. The zero-order valence-corrected chi connectivity index (χ0v) is 18.1. The molecular weight excluding hydrogens is 348 g/mol. The van der Waals surface area contributed by atoms with Crippen LogP contribution in [0.25, 0.3) is 11.5 Å². The maximum absolute atomic E-state index is 12.1. The lowest BCUT2D eigenvalue weighted by Gasteiger charge is -2.28. The van der Waals surface area contributed by atoms with Crippen molar-refractivity contribution in [2.45, 2.75) is 58.5 Å². The van der Waals surface area contributed by atoms with Crippen molar-refractivity contribution in [1.29, 1.82) is 0 Å². The van der Waals surface area contributed by atoms with E-state index in [-0.39, 0.29) is 0 Å². The average molecular weight is 377 g/mol. The Morgan fingerprint density at radius 2 is 1.56 bits per heavy atom. The van der Waals surface area contributed by atoms with Gasteiger partial charge in [0, 0.05) is 0 Å². The van der Waals surface area contributed by atoms with Crippen LogP contribution in [0.15, 0.2) is 21.2 Å². The molecule has 2 rings (SSSR count). The zero-order valence-electron chi connectivity index (χ0n) is 16.1. The summed E-state index contributed by atoms with van der Waals surface area (Å²) in [6, 6.07) is 4.72. The molecule has 0 saturated heterocycles. The highest BCUT2D eigenvalue weighted by atomic mass is 28.3. The molecule has 0 aliphatic heterocycles. The van der Waals surface area contributed by atoms with Gasteiger partial charge in [0.25, 0.3) is 0 Å². The molecule has 136 valence electrons. The Bertz CT molecular complexity index is 753. The standard InChI is InChI=1S/C19H28O4Si2/c1-7-25(8-2,9-3)18-15(13-21)19(24(4,5)6)23-17(18)16-14(12-20)10-11-22-16/h10-13H,7-9H2,1-6H3. The molecule has 25 heavy (non-hydrogen) atoms. The summed E-state index contributed by atoms with van der Waals surface area (Å²) in [6.07, 6.45) is 3.25. The lowest BCUT2D eigenvalue weighted by Crippen LogP contribution is -2.50. The molecule has 0 aromatic carbocycles. The molecule has 4 nitrogen and oxygen atoms in total. The van der Waals surface area contributed by atoms with Gasteiger partial charge in [0.15, 0.2) is 24.1 Å². The van der Waals surface area contributed by atoms with Gasteiger partial charge in [-0.25, -0.2) is 0 Å². The fourth-order valence-electron chi connectivity index (χ4n) is 3.68. The van der Waals surface area contributed by atoms with Crippen LogP contribution in [0.4, 0.5) is 0 Å². The van der Waals surface area contributed by atoms with E-state index in [2.05, 4.69) is 40.4 Å². The molecule has 0 radical (unpaired) electrons. The first kappa shape index (κ1) is 19.7. The van der Waals surface area contributed by atoms with Crippen molar-refractivity contribution in [3.8, 4) is 11.5 Å². The second-order valence-electron chi connectivity index (χ2n) is 7.58. The molecule has 2 aromatic heterocycles. The van der Waals surface area contributed by atoms with E-state index in [1.165, 1.54) is 6.26 Å². The Hall–Kier alpha value is -1.67. The SMILES string of the molecule is CC[Si](CC)(CC)c1c(-c2occc2C=O)oc([Si](C)(C)C)c1C=O. The summed E-state index contributed by atoms with van der Waals surface area (Å²) in [4.78, 5) is 23.5. The van der Waals surface area contributed by atoms with Crippen molar-refractivity contribution in [2.24, 2.45) is 0 Å². The van der Waals surface area contributed by atoms with E-state index in [1.54, 1.807) is 6.07 Å². The van der Waals surface area contributed by atoms with E-state index in [0.717, 1.165) is 46.8 Å². The van der Waals surface area contributed by atoms with Gasteiger partial charge in [-0.1, -0.05) is 58.5 Å². The van der Waals surface area contributed by atoms with Gasteiger partial charge in [-0.2, -0.15) is 0 Å². The quantitative estimate of drug-likeness (QED) is 0.505. The third-order valence-electron chi connectivity index (χ3n) is 5.33. The van der Waals surface area contributed by atoms with Crippen molar-refractivity contribution in [1.82, 2.24) is 0 Å². The molecule has 0 fully saturated rings. The first-order valence-electron chi connectivity index (χ1n) is 8.95. The van der Waals surface area contributed by atoms with E-state index in [4.69, 9.17) is 8.83 Å². The van der Waals surface area contributed by atoms with Crippen LogP contribution in [0.5, 0.6) is 0 Å². The number of carbonyl (C=O) groups is 2. The fraction of sp³-hybridized carbons (Fsp3) is 0.474. The molecule has 0 aliphatic rings. The van der Waals surface area contributed by atoms with Crippen molar-refractivity contribution < 1.29 is 18.4 Å². The third-order valence-corrected chi connectivity index (χ3v) is 12.7. The molecule has 0 amide bonds. The summed E-state index contributed by atoms with van der Waals surface area (Å²) in [6.45, 7) is 13.1. The van der Waals surface area contributed by atoms with Gasteiger partial charge in [-0.05, 0) is 11.3 Å². The molecule has 0 aliphatic carbocycles. The number of hydrogen-bond acceptors (Lipinski definition) is 4. The summed E-state index contributed by atoms with van der Waals surface area (Å²) < 4.78 is 11.9. The molecule has 0 spiro atoms. The molecule has 0 atom stereocenters. The van der Waals surface area contributed by atoms with Gasteiger partial charge in [-0.3, -0.25) is 9.59 Å². The van der Waals surface area contributed by atoms with E-state index < -0.39 is 16.1 Å². The summed E-state index contributed by atoms with van der Waals surface area (Å²) in [5, 5.41) is 1.86. The van der Waals surface area contributed by atoms with E-state index in [0.29, 0.717) is 17.1 Å². The second kappa shape index (κ2) is 7.29. The van der Waals surface area contributed by atoms with E-state index >= 15 is 0 Å². The highest BCUT2D eigenvalue weighted by Gasteiger charge is 2.41. The van der Waals surface area contributed by atoms with E-state index in [9.17, 15) is 9.59 Å². The highest BCUT2D eigenvalue weighted by molar-refractivity contribution is 6.95. The van der Waals surface area contributed by atoms with Gasteiger partial charge >= 0.3 is 0 Å². The van der Waals surface area contributed by atoms with Crippen molar-refractivity contribution in [3.05, 3.63) is 23.5 Å². The first-order valence-corrected chi connectivity index (χ1v) is 15.1. The van der Waals surface area contributed by atoms with Gasteiger partial charge in [0.1, 0.15) is 8.07 Å². The van der Waals surface area contributed by atoms with E-state index in [1.807, 2.05) is 0 Å². The maximum Gasteiger partial charge on any atom is 0.179 e. The fourth-order valence-corrected chi connectivity index (χ4v) is 9.15. The smallest absolute Gasteiger partial charge is 0.179 e. The molecule has 6 heteroatoms. The Labute approximate surface area is 151 Å².